The Labute approximate surface area is 129 Å². The van der Waals surface area contributed by atoms with Crippen LogP contribution in [0.5, 0.6) is 0 Å². The summed E-state index contributed by atoms with van der Waals surface area (Å²) in [6, 6.07) is 8.74. The Morgan fingerprint density at radius 2 is 2.00 bits per heavy atom. The summed E-state index contributed by atoms with van der Waals surface area (Å²) in [6.45, 7) is 2.26. The lowest BCUT2D eigenvalue weighted by Crippen LogP contribution is -2.41. The molecule has 4 amide bonds. The van der Waals surface area contributed by atoms with Crippen LogP contribution < -0.4 is 10.6 Å². The number of rotatable bonds is 7. The van der Waals surface area contributed by atoms with Crippen LogP contribution in [0.25, 0.3) is 0 Å². The molecule has 0 aromatic heterocycles. The van der Waals surface area contributed by atoms with Crippen molar-refractivity contribution < 1.29 is 14.4 Å². The van der Waals surface area contributed by atoms with Gasteiger partial charge in [-0.2, -0.15) is 0 Å². The topological polar surface area (TPSA) is 78.5 Å². The van der Waals surface area contributed by atoms with E-state index in [-0.39, 0.29) is 18.4 Å². The summed E-state index contributed by atoms with van der Waals surface area (Å²) in [4.78, 5) is 36.7. The Balaban J connectivity index is 1.87. The lowest BCUT2D eigenvalue weighted by Gasteiger charge is -2.12. The van der Waals surface area contributed by atoms with Crippen LogP contribution in [0.15, 0.2) is 30.3 Å². The average molecular weight is 303 g/mol. The van der Waals surface area contributed by atoms with Crippen molar-refractivity contribution in [2.24, 2.45) is 0 Å². The maximum absolute atomic E-state index is 12.2. The molecule has 2 rings (SSSR count). The molecule has 2 N–H and O–H groups in total. The molecule has 0 saturated carbocycles. The normalized spacial score (nSPS) is 17.5. The lowest BCUT2D eigenvalue weighted by atomic mass is 10.1. The van der Waals surface area contributed by atoms with Crippen molar-refractivity contribution >= 4 is 17.8 Å². The van der Waals surface area contributed by atoms with Gasteiger partial charge >= 0.3 is 6.03 Å². The molecular formula is C16H21N3O3. The van der Waals surface area contributed by atoms with Gasteiger partial charge in [-0.05, 0) is 24.8 Å². The molecule has 6 heteroatoms. The van der Waals surface area contributed by atoms with Crippen LogP contribution in [0.2, 0.25) is 0 Å². The van der Waals surface area contributed by atoms with E-state index in [9.17, 15) is 14.4 Å². The number of urea groups is 1. The summed E-state index contributed by atoms with van der Waals surface area (Å²) in [5.41, 5.74) is 1.11. The molecule has 1 saturated heterocycles. The number of carbonyl (C=O) groups is 3. The van der Waals surface area contributed by atoms with Crippen molar-refractivity contribution in [2.75, 3.05) is 13.1 Å². The van der Waals surface area contributed by atoms with Gasteiger partial charge in [-0.15, -0.1) is 0 Å². The highest BCUT2D eigenvalue weighted by Crippen LogP contribution is 2.12. The fourth-order valence-electron chi connectivity index (χ4n) is 2.34. The number of benzene rings is 1. The molecule has 0 unspecified atom stereocenters. The zero-order valence-corrected chi connectivity index (χ0v) is 12.7. The van der Waals surface area contributed by atoms with Gasteiger partial charge in [-0.1, -0.05) is 37.3 Å². The average Bonchev–Trinajstić information content (AvgIpc) is 2.79. The van der Waals surface area contributed by atoms with Gasteiger partial charge in [0, 0.05) is 6.54 Å². The largest absolute Gasteiger partial charge is 0.355 e. The van der Waals surface area contributed by atoms with E-state index in [0.29, 0.717) is 19.4 Å². The molecule has 0 radical (unpaired) electrons. The summed E-state index contributed by atoms with van der Waals surface area (Å²) in [6.07, 6.45) is 2.04. The van der Waals surface area contributed by atoms with E-state index in [4.69, 9.17) is 0 Å². The number of carbonyl (C=O) groups excluding carboxylic acids is 3. The monoisotopic (exact) mass is 303 g/mol. The quantitative estimate of drug-likeness (QED) is 0.740. The van der Waals surface area contributed by atoms with Crippen LogP contribution in [-0.2, 0) is 16.0 Å². The van der Waals surface area contributed by atoms with Gasteiger partial charge in [0.2, 0.25) is 5.91 Å². The number of nitrogens with one attached hydrogen (secondary N) is 2. The third-order valence-electron chi connectivity index (χ3n) is 3.55. The maximum atomic E-state index is 12.2. The summed E-state index contributed by atoms with van der Waals surface area (Å²) in [7, 11) is 0. The van der Waals surface area contributed by atoms with Crippen molar-refractivity contribution in [1.29, 1.82) is 0 Å². The smallest absolute Gasteiger partial charge is 0.325 e. The molecule has 0 aliphatic carbocycles. The van der Waals surface area contributed by atoms with Crippen LogP contribution in [0.3, 0.4) is 0 Å². The van der Waals surface area contributed by atoms with Crippen LogP contribution in [0.4, 0.5) is 4.79 Å². The first-order chi connectivity index (χ1) is 10.6. The van der Waals surface area contributed by atoms with E-state index >= 15 is 0 Å². The third-order valence-corrected chi connectivity index (χ3v) is 3.55. The van der Waals surface area contributed by atoms with E-state index < -0.39 is 12.1 Å². The predicted octanol–water partition coefficient (Wildman–Crippen LogP) is 1.07. The SMILES string of the molecule is CCCNC(=O)CN1C(=O)N[C@H](CCc2ccccc2)C1=O. The highest BCUT2D eigenvalue weighted by Gasteiger charge is 2.38. The molecule has 1 aromatic rings. The molecule has 1 aliphatic heterocycles. The fourth-order valence-corrected chi connectivity index (χ4v) is 2.34. The van der Waals surface area contributed by atoms with Gasteiger partial charge in [0.25, 0.3) is 5.91 Å². The predicted molar refractivity (Wildman–Crippen MR) is 82.1 cm³/mol. The Morgan fingerprint density at radius 3 is 2.68 bits per heavy atom. The van der Waals surface area contributed by atoms with Gasteiger partial charge < -0.3 is 10.6 Å². The van der Waals surface area contributed by atoms with Gasteiger partial charge in [0.05, 0.1) is 0 Å². The molecule has 22 heavy (non-hydrogen) atoms. The van der Waals surface area contributed by atoms with Crippen LogP contribution in [-0.4, -0.2) is 41.9 Å². The summed E-state index contributed by atoms with van der Waals surface area (Å²) >= 11 is 0. The molecule has 0 bridgehead atoms. The molecule has 1 atom stereocenters. The Bertz CT molecular complexity index is 545. The molecule has 0 spiro atoms. The van der Waals surface area contributed by atoms with E-state index in [1.165, 1.54) is 0 Å². The molecule has 118 valence electrons. The summed E-state index contributed by atoms with van der Waals surface area (Å²) < 4.78 is 0. The van der Waals surface area contributed by atoms with Gasteiger partial charge in [0.15, 0.2) is 0 Å². The standard InChI is InChI=1S/C16H21N3O3/c1-2-10-17-14(20)11-19-15(21)13(18-16(19)22)9-8-12-6-4-3-5-7-12/h3-7,13H,2,8-11H2,1H3,(H,17,20)(H,18,22)/t13-/m1/s1. The minimum absolute atomic E-state index is 0.216. The van der Waals surface area contributed by atoms with Gasteiger partial charge in [-0.25, -0.2) is 4.79 Å². The molecule has 1 aromatic carbocycles. The number of aryl methyl sites for hydroxylation is 1. The van der Waals surface area contributed by atoms with Crippen molar-refractivity contribution in [2.45, 2.75) is 32.2 Å². The first-order valence-electron chi connectivity index (χ1n) is 7.54. The van der Waals surface area contributed by atoms with Crippen LogP contribution in [0, 0.1) is 0 Å². The second-order valence-corrected chi connectivity index (χ2v) is 5.30. The minimum atomic E-state index is -0.549. The molecule has 6 nitrogen and oxygen atoms in total. The summed E-state index contributed by atoms with van der Waals surface area (Å²) in [5.74, 6) is -0.637. The summed E-state index contributed by atoms with van der Waals surface area (Å²) in [5, 5.41) is 5.30. The number of hydrogen-bond acceptors (Lipinski definition) is 3. The fraction of sp³-hybridized carbons (Fsp3) is 0.438. The Hall–Kier alpha value is -2.37. The molecule has 1 aliphatic rings. The van der Waals surface area contributed by atoms with E-state index in [1.807, 2.05) is 37.3 Å². The number of nitrogens with zero attached hydrogens (tertiary/aromatic N) is 1. The molecular weight excluding hydrogens is 282 g/mol. The van der Waals surface area contributed by atoms with Crippen molar-refractivity contribution in [3.05, 3.63) is 35.9 Å². The number of imide groups is 1. The number of hydrogen-bond donors (Lipinski definition) is 2. The highest BCUT2D eigenvalue weighted by atomic mass is 16.2. The second kappa shape index (κ2) is 7.59. The first kappa shape index (κ1) is 16.0. The lowest BCUT2D eigenvalue weighted by molar-refractivity contribution is -0.132. The first-order valence-corrected chi connectivity index (χ1v) is 7.54. The highest BCUT2D eigenvalue weighted by molar-refractivity contribution is 6.06. The van der Waals surface area contributed by atoms with Crippen LogP contribution >= 0.6 is 0 Å². The van der Waals surface area contributed by atoms with Crippen molar-refractivity contribution in [1.82, 2.24) is 15.5 Å². The van der Waals surface area contributed by atoms with Gasteiger partial charge in [0.1, 0.15) is 12.6 Å². The zero-order chi connectivity index (χ0) is 15.9. The molecule has 1 fully saturated rings. The zero-order valence-electron chi connectivity index (χ0n) is 12.7. The molecule has 1 heterocycles. The van der Waals surface area contributed by atoms with Gasteiger partial charge in [-0.3, -0.25) is 14.5 Å². The Morgan fingerprint density at radius 1 is 1.27 bits per heavy atom. The maximum Gasteiger partial charge on any atom is 0.325 e. The third kappa shape index (κ3) is 4.07. The number of amides is 4. The second-order valence-electron chi connectivity index (χ2n) is 5.30. The minimum Gasteiger partial charge on any atom is -0.355 e. The van der Waals surface area contributed by atoms with E-state index in [0.717, 1.165) is 16.9 Å². The Kier molecular flexibility index (Phi) is 5.52. The van der Waals surface area contributed by atoms with E-state index in [2.05, 4.69) is 10.6 Å². The van der Waals surface area contributed by atoms with Crippen molar-refractivity contribution in [3.63, 3.8) is 0 Å². The van der Waals surface area contributed by atoms with Crippen LogP contribution in [0.1, 0.15) is 25.3 Å². The van der Waals surface area contributed by atoms with E-state index in [1.54, 1.807) is 0 Å². The van der Waals surface area contributed by atoms with Crippen molar-refractivity contribution in [3.8, 4) is 0 Å².